The maximum atomic E-state index is 12.7. The molecule has 1 heterocycles. The zero-order chi connectivity index (χ0) is 18.0. The molecule has 1 aromatic heterocycles. The van der Waals surface area contributed by atoms with Gasteiger partial charge in [-0.1, -0.05) is 24.3 Å². The van der Waals surface area contributed by atoms with Crippen molar-refractivity contribution in [3.8, 4) is 0 Å². The second-order valence-electron chi connectivity index (χ2n) is 5.89. The maximum absolute atomic E-state index is 12.7. The highest BCUT2D eigenvalue weighted by molar-refractivity contribution is 6.10. The first kappa shape index (κ1) is 16.8. The largest absolute Gasteiger partial charge is 0.462 e. The van der Waals surface area contributed by atoms with E-state index < -0.39 is 5.97 Å². The Balaban J connectivity index is 1.93. The number of hydrogen-bond acceptors (Lipinski definition) is 3. The van der Waals surface area contributed by atoms with Crippen LogP contribution >= 0.6 is 0 Å². The maximum Gasteiger partial charge on any atom is 0.340 e. The van der Waals surface area contributed by atoms with Crippen molar-refractivity contribution >= 4 is 28.5 Å². The van der Waals surface area contributed by atoms with Crippen LogP contribution in [0.15, 0.2) is 42.5 Å². The summed E-state index contributed by atoms with van der Waals surface area (Å²) in [5.41, 5.74) is 4.16. The van der Waals surface area contributed by atoms with Crippen LogP contribution in [-0.4, -0.2) is 23.5 Å². The van der Waals surface area contributed by atoms with Crippen LogP contribution in [0.2, 0.25) is 0 Å². The third kappa shape index (κ3) is 3.26. The summed E-state index contributed by atoms with van der Waals surface area (Å²) in [6.45, 7) is 5.93. The van der Waals surface area contributed by atoms with E-state index in [0.717, 1.165) is 22.0 Å². The van der Waals surface area contributed by atoms with Crippen molar-refractivity contribution in [2.24, 2.45) is 0 Å². The highest BCUT2D eigenvalue weighted by Crippen LogP contribution is 2.24. The quantitative estimate of drug-likeness (QED) is 0.701. The van der Waals surface area contributed by atoms with Crippen molar-refractivity contribution in [1.29, 1.82) is 0 Å². The van der Waals surface area contributed by atoms with E-state index in [1.165, 1.54) is 0 Å². The molecule has 128 valence electrons. The van der Waals surface area contributed by atoms with E-state index in [1.807, 2.05) is 32.0 Å². The van der Waals surface area contributed by atoms with Crippen molar-refractivity contribution in [1.82, 2.24) is 4.98 Å². The number of fused-ring (bicyclic) bond motifs is 1. The van der Waals surface area contributed by atoms with Gasteiger partial charge < -0.3 is 15.0 Å². The molecule has 0 saturated heterocycles. The second-order valence-corrected chi connectivity index (χ2v) is 5.89. The average Bonchev–Trinajstić information content (AvgIpc) is 2.91. The molecule has 2 aromatic carbocycles. The van der Waals surface area contributed by atoms with Gasteiger partial charge in [0.2, 0.25) is 0 Å². The molecule has 25 heavy (non-hydrogen) atoms. The minimum absolute atomic E-state index is 0.279. The number of rotatable bonds is 4. The predicted octanol–water partition coefficient (Wildman–Crippen LogP) is 4.21. The topological polar surface area (TPSA) is 71.2 Å². The highest BCUT2D eigenvalue weighted by Gasteiger charge is 2.18. The van der Waals surface area contributed by atoms with Crippen molar-refractivity contribution in [2.75, 3.05) is 11.9 Å². The summed E-state index contributed by atoms with van der Waals surface area (Å²) < 4.78 is 5.04. The molecule has 0 aliphatic heterocycles. The first-order valence-electron chi connectivity index (χ1n) is 8.17. The van der Waals surface area contributed by atoms with Gasteiger partial charge in [-0.3, -0.25) is 4.79 Å². The van der Waals surface area contributed by atoms with Gasteiger partial charge in [0.15, 0.2) is 0 Å². The molecule has 0 radical (unpaired) electrons. The first-order valence-corrected chi connectivity index (χ1v) is 8.17. The van der Waals surface area contributed by atoms with Crippen LogP contribution in [-0.2, 0) is 4.74 Å². The number of benzene rings is 2. The molecule has 0 bridgehead atoms. The number of ether oxygens (including phenoxy) is 1. The molecule has 3 rings (SSSR count). The Kier molecular flexibility index (Phi) is 4.57. The standard InChI is InChI=1S/C20H20N2O3/c1-4-25-20(24)15-7-5-6-8-16(15)22-19(23)18-13(3)14-10-9-12(2)11-17(14)21-18/h5-11,21H,4H2,1-3H3,(H,22,23). The summed E-state index contributed by atoms with van der Waals surface area (Å²) in [5, 5.41) is 3.82. The van der Waals surface area contributed by atoms with E-state index in [9.17, 15) is 9.59 Å². The van der Waals surface area contributed by atoms with Crippen LogP contribution in [0.5, 0.6) is 0 Å². The van der Waals surface area contributed by atoms with E-state index >= 15 is 0 Å². The number of H-pyrrole nitrogens is 1. The number of aryl methyl sites for hydroxylation is 2. The number of para-hydroxylation sites is 1. The van der Waals surface area contributed by atoms with Crippen molar-refractivity contribution in [3.05, 3.63) is 64.8 Å². The summed E-state index contributed by atoms with van der Waals surface area (Å²) in [6.07, 6.45) is 0. The Morgan fingerprint density at radius 3 is 2.64 bits per heavy atom. The summed E-state index contributed by atoms with van der Waals surface area (Å²) >= 11 is 0. The molecule has 2 N–H and O–H groups in total. The molecule has 0 aliphatic carbocycles. The molecule has 0 unspecified atom stereocenters. The minimum atomic E-state index is -0.456. The van der Waals surface area contributed by atoms with Gasteiger partial charge in [0.05, 0.1) is 17.9 Å². The zero-order valence-corrected chi connectivity index (χ0v) is 14.5. The number of amides is 1. The minimum Gasteiger partial charge on any atom is -0.462 e. The van der Waals surface area contributed by atoms with Gasteiger partial charge in [0, 0.05) is 10.9 Å². The summed E-state index contributed by atoms with van der Waals surface area (Å²) in [4.78, 5) is 27.9. The van der Waals surface area contributed by atoms with Gasteiger partial charge in [0.25, 0.3) is 5.91 Å². The molecule has 0 spiro atoms. The normalized spacial score (nSPS) is 10.7. The van der Waals surface area contributed by atoms with E-state index in [0.29, 0.717) is 16.9 Å². The Hall–Kier alpha value is -3.08. The number of aromatic nitrogens is 1. The summed E-state index contributed by atoms with van der Waals surface area (Å²) in [7, 11) is 0. The molecule has 5 heteroatoms. The predicted molar refractivity (Wildman–Crippen MR) is 98.1 cm³/mol. The molecule has 0 fully saturated rings. The Morgan fingerprint density at radius 2 is 1.88 bits per heavy atom. The van der Waals surface area contributed by atoms with Crippen molar-refractivity contribution in [3.63, 3.8) is 0 Å². The first-order chi connectivity index (χ1) is 12.0. The fourth-order valence-electron chi connectivity index (χ4n) is 2.84. The molecular formula is C20H20N2O3. The second kappa shape index (κ2) is 6.81. The van der Waals surface area contributed by atoms with Crippen molar-refractivity contribution < 1.29 is 14.3 Å². The number of carbonyl (C=O) groups excluding carboxylic acids is 2. The zero-order valence-electron chi connectivity index (χ0n) is 14.5. The lowest BCUT2D eigenvalue weighted by Gasteiger charge is -2.10. The molecule has 1 amide bonds. The van der Waals surface area contributed by atoms with Gasteiger partial charge in [0.1, 0.15) is 5.69 Å². The third-order valence-electron chi connectivity index (χ3n) is 4.11. The lowest BCUT2D eigenvalue weighted by molar-refractivity contribution is 0.0527. The number of nitrogens with one attached hydrogen (secondary N) is 2. The van der Waals surface area contributed by atoms with Crippen LogP contribution in [0.4, 0.5) is 5.69 Å². The molecule has 5 nitrogen and oxygen atoms in total. The van der Waals surface area contributed by atoms with Crippen LogP contribution in [0.1, 0.15) is 38.9 Å². The Morgan fingerprint density at radius 1 is 1.12 bits per heavy atom. The molecule has 3 aromatic rings. The van der Waals surface area contributed by atoms with Gasteiger partial charge in [-0.25, -0.2) is 4.79 Å². The van der Waals surface area contributed by atoms with Gasteiger partial charge in [-0.05, 0) is 50.1 Å². The van der Waals surface area contributed by atoms with E-state index in [2.05, 4.69) is 10.3 Å². The fraction of sp³-hybridized carbons (Fsp3) is 0.200. The monoisotopic (exact) mass is 336 g/mol. The number of carbonyl (C=O) groups is 2. The van der Waals surface area contributed by atoms with Crippen LogP contribution in [0.3, 0.4) is 0 Å². The van der Waals surface area contributed by atoms with Gasteiger partial charge >= 0.3 is 5.97 Å². The molecular weight excluding hydrogens is 316 g/mol. The fourth-order valence-corrected chi connectivity index (χ4v) is 2.84. The highest BCUT2D eigenvalue weighted by atomic mass is 16.5. The molecule has 0 aliphatic rings. The van der Waals surface area contributed by atoms with E-state index in [1.54, 1.807) is 31.2 Å². The molecule has 0 saturated carbocycles. The Bertz CT molecular complexity index is 957. The third-order valence-corrected chi connectivity index (χ3v) is 4.11. The van der Waals surface area contributed by atoms with Crippen LogP contribution < -0.4 is 5.32 Å². The number of esters is 1. The average molecular weight is 336 g/mol. The lowest BCUT2D eigenvalue weighted by atomic mass is 10.1. The van der Waals surface area contributed by atoms with Crippen LogP contribution in [0, 0.1) is 13.8 Å². The van der Waals surface area contributed by atoms with Gasteiger partial charge in [-0.2, -0.15) is 0 Å². The van der Waals surface area contributed by atoms with Crippen LogP contribution in [0.25, 0.3) is 10.9 Å². The SMILES string of the molecule is CCOC(=O)c1ccccc1NC(=O)c1[nH]c2cc(C)ccc2c1C. The number of hydrogen-bond donors (Lipinski definition) is 2. The lowest BCUT2D eigenvalue weighted by Crippen LogP contribution is -2.17. The smallest absolute Gasteiger partial charge is 0.340 e. The van der Waals surface area contributed by atoms with Crippen molar-refractivity contribution in [2.45, 2.75) is 20.8 Å². The summed E-state index contributed by atoms with van der Waals surface area (Å²) in [6, 6.07) is 12.8. The Labute approximate surface area is 146 Å². The molecule has 0 atom stereocenters. The summed E-state index contributed by atoms with van der Waals surface area (Å²) in [5.74, 6) is -0.745. The number of anilines is 1. The van der Waals surface area contributed by atoms with Gasteiger partial charge in [-0.15, -0.1) is 0 Å². The van der Waals surface area contributed by atoms with E-state index in [4.69, 9.17) is 4.74 Å². The number of aromatic amines is 1. The van der Waals surface area contributed by atoms with E-state index in [-0.39, 0.29) is 12.5 Å².